The lowest BCUT2D eigenvalue weighted by molar-refractivity contribution is 0.187. The minimum atomic E-state index is 0.429. The highest BCUT2D eigenvalue weighted by Gasteiger charge is 2.19. The third-order valence-electron chi connectivity index (χ3n) is 4.47. The number of rotatable bonds is 6. The van der Waals surface area contributed by atoms with Gasteiger partial charge in [0, 0.05) is 11.1 Å². The van der Waals surface area contributed by atoms with Crippen molar-refractivity contribution in [1.29, 1.82) is 0 Å². The summed E-state index contributed by atoms with van der Waals surface area (Å²) in [4.78, 5) is 2.55. The molecule has 1 aliphatic rings. The van der Waals surface area contributed by atoms with E-state index in [9.17, 15) is 0 Å². The van der Waals surface area contributed by atoms with E-state index in [0.29, 0.717) is 6.04 Å². The van der Waals surface area contributed by atoms with Crippen LogP contribution in [0.5, 0.6) is 0 Å². The lowest BCUT2D eigenvalue weighted by atomic mass is 9.95. The fourth-order valence-electron chi connectivity index (χ4n) is 3.04. The van der Waals surface area contributed by atoms with Crippen LogP contribution < -0.4 is 5.32 Å². The highest BCUT2D eigenvalue weighted by Crippen LogP contribution is 2.22. The molecule has 1 aromatic carbocycles. The first-order chi connectivity index (χ1) is 9.72. The van der Waals surface area contributed by atoms with Crippen molar-refractivity contribution in [2.75, 3.05) is 26.2 Å². The summed E-state index contributed by atoms with van der Waals surface area (Å²) in [5.74, 6) is 0.825. The second-order valence-corrected chi connectivity index (χ2v) is 6.24. The van der Waals surface area contributed by atoms with Crippen LogP contribution in [-0.2, 0) is 0 Å². The number of hydrogen-bond acceptors (Lipinski definition) is 2. The first-order valence-electron chi connectivity index (χ1n) is 7.94. The van der Waals surface area contributed by atoms with E-state index in [2.05, 4.69) is 36.2 Å². The molecule has 1 unspecified atom stereocenters. The molecule has 2 nitrogen and oxygen atoms in total. The van der Waals surface area contributed by atoms with Crippen LogP contribution in [0.15, 0.2) is 24.3 Å². The quantitative estimate of drug-likeness (QED) is 0.849. The van der Waals surface area contributed by atoms with Crippen LogP contribution in [0.1, 0.15) is 44.7 Å². The van der Waals surface area contributed by atoms with Crippen molar-refractivity contribution in [1.82, 2.24) is 10.2 Å². The Morgan fingerprint density at radius 3 is 2.65 bits per heavy atom. The van der Waals surface area contributed by atoms with Crippen LogP contribution in [0.4, 0.5) is 0 Å². The minimum Gasteiger partial charge on any atom is -0.310 e. The second-order valence-electron chi connectivity index (χ2n) is 5.80. The van der Waals surface area contributed by atoms with Gasteiger partial charge in [0.1, 0.15) is 0 Å². The number of likely N-dealkylation sites (tertiary alicyclic amines) is 1. The summed E-state index contributed by atoms with van der Waals surface area (Å²) in [6, 6.07) is 8.67. The molecule has 1 saturated heterocycles. The minimum absolute atomic E-state index is 0.429. The summed E-state index contributed by atoms with van der Waals surface area (Å²) in [6.45, 7) is 9.33. The maximum absolute atomic E-state index is 6.09. The third kappa shape index (κ3) is 4.47. The molecule has 0 radical (unpaired) electrons. The molecule has 1 aromatic rings. The van der Waals surface area contributed by atoms with Gasteiger partial charge in [0.05, 0.1) is 0 Å². The van der Waals surface area contributed by atoms with Crippen molar-refractivity contribution in [3.8, 4) is 0 Å². The summed E-state index contributed by atoms with van der Waals surface area (Å²) in [7, 11) is 0. The number of benzene rings is 1. The molecule has 0 aliphatic carbocycles. The Balaban J connectivity index is 1.82. The Bertz CT molecular complexity index is 400. The van der Waals surface area contributed by atoms with Crippen LogP contribution in [-0.4, -0.2) is 31.1 Å². The first kappa shape index (κ1) is 15.8. The molecular formula is C17H27ClN2. The van der Waals surface area contributed by atoms with E-state index < -0.39 is 0 Å². The third-order valence-corrected chi connectivity index (χ3v) is 4.70. The highest BCUT2D eigenvalue weighted by atomic mass is 35.5. The molecule has 1 N–H and O–H groups in total. The molecule has 1 atom stereocenters. The maximum atomic E-state index is 6.09. The molecule has 0 aromatic heterocycles. The maximum Gasteiger partial charge on any atom is 0.0409 e. The van der Waals surface area contributed by atoms with Gasteiger partial charge in [-0.25, -0.2) is 0 Å². The van der Waals surface area contributed by atoms with Gasteiger partial charge in [-0.15, -0.1) is 0 Å². The molecule has 1 fully saturated rings. The van der Waals surface area contributed by atoms with Crippen molar-refractivity contribution >= 4 is 11.6 Å². The first-order valence-corrected chi connectivity index (χ1v) is 8.32. The van der Waals surface area contributed by atoms with Crippen molar-refractivity contribution in [3.05, 3.63) is 34.9 Å². The van der Waals surface area contributed by atoms with Gasteiger partial charge in [-0.1, -0.05) is 37.6 Å². The topological polar surface area (TPSA) is 15.3 Å². The summed E-state index contributed by atoms with van der Waals surface area (Å²) in [6.07, 6.45) is 3.76. The monoisotopic (exact) mass is 294 g/mol. The van der Waals surface area contributed by atoms with Gasteiger partial charge in [-0.05, 0) is 69.1 Å². The number of piperidine rings is 1. The SMILES string of the molecule is CCC(NCC1CCN(CC)CC1)c1cccc(Cl)c1. The van der Waals surface area contributed by atoms with Crippen molar-refractivity contribution in [3.63, 3.8) is 0 Å². The lowest BCUT2D eigenvalue weighted by Crippen LogP contribution is -2.37. The molecule has 1 heterocycles. The molecule has 2 rings (SSSR count). The summed E-state index contributed by atoms with van der Waals surface area (Å²) in [5.41, 5.74) is 1.31. The van der Waals surface area contributed by atoms with E-state index in [1.165, 1.54) is 38.0 Å². The predicted molar refractivity (Wildman–Crippen MR) is 87.3 cm³/mol. The van der Waals surface area contributed by atoms with Crippen LogP contribution in [0, 0.1) is 5.92 Å². The van der Waals surface area contributed by atoms with E-state index in [-0.39, 0.29) is 0 Å². The summed E-state index contributed by atoms with van der Waals surface area (Å²) in [5, 5.41) is 4.57. The van der Waals surface area contributed by atoms with Crippen LogP contribution >= 0.6 is 11.6 Å². The normalized spacial score (nSPS) is 19.1. The van der Waals surface area contributed by atoms with Crippen LogP contribution in [0.2, 0.25) is 5.02 Å². The summed E-state index contributed by atoms with van der Waals surface area (Å²) >= 11 is 6.09. The van der Waals surface area contributed by atoms with Gasteiger partial charge in [0.2, 0.25) is 0 Å². The lowest BCUT2D eigenvalue weighted by Gasteiger charge is -2.32. The molecule has 0 spiro atoms. The number of nitrogens with one attached hydrogen (secondary N) is 1. The van der Waals surface area contributed by atoms with Gasteiger partial charge < -0.3 is 10.2 Å². The molecule has 0 amide bonds. The van der Waals surface area contributed by atoms with E-state index in [0.717, 1.165) is 23.9 Å². The van der Waals surface area contributed by atoms with Gasteiger partial charge in [-0.3, -0.25) is 0 Å². The van der Waals surface area contributed by atoms with Crippen LogP contribution in [0.3, 0.4) is 0 Å². The van der Waals surface area contributed by atoms with Crippen LogP contribution in [0.25, 0.3) is 0 Å². The molecule has 20 heavy (non-hydrogen) atoms. The Morgan fingerprint density at radius 2 is 2.05 bits per heavy atom. The Labute approximate surface area is 128 Å². The van der Waals surface area contributed by atoms with E-state index in [4.69, 9.17) is 11.6 Å². The molecule has 0 saturated carbocycles. The smallest absolute Gasteiger partial charge is 0.0409 e. The van der Waals surface area contributed by atoms with Gasteiger partial charge in [0.25, 0.3) is 0 Å². The fraction of sp³-hybridized carbons (Fsp3) is 0.647. The molecule has 0 bridgehead atoms. The number of halogens is 1. The molecular weight excluding hydrogens is 268 g/mol. The van der Waals surface area contributed by atoms with Gasteiger partial charge in [0.15, 0.2) is 0 Å². The van der Waals surface area contributed by atoms with Crippen molar-refractivity contribution < 1.29 is 0 Å². The highest BCUT2D eigenvalue weighted by molar-refractivity contribution is 6.30. The predicted octanol–water partition coefficient (Wildman–Crippen LogP) is 4.11. The van der Waals surface area contributed by atoms with Gasteiger partial charge >= 0.3 is 0 Å². The molecule has 112 valence electrons. The number of nitrogens with zero attached hydrogens (tertiary/aromatic N) is 1. The zero-order valence-corrected chi connectivity index (χ0v) is 13.5. The van der Waals surface area contributed by atoms with E-state index >= 15 is 0 Å². The number of hydrogen-bond donors (Lipinski definition) is 1. The average Bonchev–Trinajstić information content (AvgIpc) is 2.48. The molecule has 1 aliphatic heterocycles. The van der Waals surface area contributed by atoms with Crippen molar-refractivity contribution in [2.24, 2.45) is 5.92 Å². The molecule has 3 heteroatoms. The van der Waals surface area contributed by atoms with Gasteiger partial charge in [-0.2, -0.15) is 0 Å². The van der Waals surface area contributed by atoms with E-state index in [1.807, 2.05) is 12.1 Å². The zero-order chi connectivity index (χ0) is 14.4. The fourth-order valence-corrected chi connectivity index (χ4v) is 3.24. The average molecular weight is 295 g/mol. The zero-order valence-electron chi connectivity index (χ0n) is 12.7. The standard InChI is InChI=1S/C17H27ClN2/c1-3-17(15-6-5-7-16(18)12-15)19-13-14-8-10-20(4-2)11-9-14/h5-7,12,14,17,19H,3-4,8-11,13H2,1-2H3. The van der Waals surface area contributed by atoms with E-state index in [1.54, 1.807) is 0 Å². The summed E-state index contributed by atoms with van der Waals surface area (Å²) < 4.78 is 0. The van der Waals surface area contributed by atoms with Crippen molar-refractivity contribution in [2.45, 2.75) is 39.2 Å². The Morgan fingerprint density at radius 1 is 1.30 bits per heavy atom. The Kier molecular flexibility index (Phi) is 6.34. The Hall–Kier alpha value is -0.570. The largest absolute Gasteiger partial charge is 0.310 e. The second kappa shape index (κ2) is 8.02.